The Morgan fingerprint density at radius 2 is 1.75 bits per heavy atom. The standard InChI is InChI=1S/C17H18N2O5/c1-5-6-11-7-10(9-13(24-4)14(11)20)8-12-15(21)18(2)17(23)19(3)16(12)22/h5,7-9,20H,1,6H2,2-4H3. The smallest absolute Gasteiger partial charge is 0.333 e. The molecule has 1 fully saturated rings. The highest BCUT2D eigenvalue weighted by molar-refractivity contribution is 6.30. The van der Waals surface area contributed by atoms with E-state index >= 15 is 0 Å². The molecule has 1 aliphatic heterocycles. The van der Waals surface area contributed by atoms with Crippen LogP contribution in [0.4, 0.5) is 4.79 Å². The molecule has 0 aliphatic carbocycles. The molecule has 0 saturated carbocycles. The van der Waals surface area contributed by atoms with Crippen molar-refractivity contribution < 1.29 is 24.2 Å². The second kappa shape index (κ2) is 6.57. The Bertz CT molecular complexity index is 740. The van der Waals surface area contributed by atoms with Crippen molar-refractivity contribution in [1.29, 1.82) is 0 Å². The predicted octanol–water partition coefficient (Wildman–Crippen LogP) is 1.56. The number of amides is 4. The van der Waals surface area contributed by atoms with E-state index in [9.17, 15) is 19.5 Å². The Morgan fingerprint density at radius 3 is 2.25 bits per heavy atom. The molecule has 7 nitrogen and oxygen atoms in total. The van der Waals surface area contributed by atoms with Gasteiger partial charge in [-0.3, -0.25) is 19.4 Å². The van der Waals surface area contributed by atoms with E-state index in [-0.39, 0.29) is 17.1 Å². The number of ether oxygens (including phenoxy) is 1. The Hall–Kier alpha value is -3.09. The Balaban J connectivity index is 2.55. The van der Waals surface area contributed by atoms with Gasteiger partial charge < -0.3 is 9.84 Å². The van der Waals surface area contributed by atoms with Crippen LogP contribution in [0.15, 0.2) is 30.4 Å². The van der Waals surface area contributed by atoms with E-state index in [0.717, 1.165) is 9.80 Å². The van der Waals surface area contributed by atoms with Gasteiger partial charge in [-0.05, 0) is 30.2 Å². The van der Waals surface area contributed by atoms with Crippen molar-refractivity contribution in [3.63, 3.8) is 0 Å². The highest BCUT2D eigenvalue weighted by Gasteiger charge is 2.37. The summed E-state index contributed by atoms with van der Waals surface area (Å²) in [7, 11) is 4.02. The normalized spacial score (nSPS) is 15.0. The van der Waals surface area contributed by atoms with Crippen molar-refractivity contribution in [3.8, 4) is 11.5 Å². The number of barbiturate groups is 1. The lowest BCUT2D eigenvalue weighted by Gasteiger charge is -2.28. The van der Waals surface area contributed by atoms with Gasteiger partial charge in [0, 0.05) is 19.7 Å². The predicted molar refractivity (Wildman–Crippen MR) is 87.5 cm³/mol. The average Bonchev–Trinajstić information content (AvgIpc) is 2.57. The molecule has 0 spiro atoms. The number of nitrogens with zero attached hydrogens (tertiary/aromatic N) is 2. The zero-order valence-electron chi connectivity index (χ0n) is 13.7. The third-order valence-electron chi connectivity index (χ3n) is 3.72. The van der Waals surface area contributed by atoms with E-state index < -0.39 is 17.8 Å². The molecular weight excluding hydrogens is 312 g/mol. The van der Waals surface area contributed by atoms with Gasteiger partial charge in [-0.1, -0.05) is 6.08 Å². The van der Waals surface area contributed by atoms with Crippen LogP contribution in [0.5, 0.6) is 11.5 Å². The van der Waals surface area contributed by atoms with Crippen LogP contribution in [0, 0.1) is 0 Å². The molecule has 1 aromatic carbocycles. The van der Waals surface area contributed by atoms with E-state index in [4.69, 9.17) is 4.74 Å². The summed E-state index contributed by atoms with van der Waals surface area (Å²) in [4.78, 5) is 37.9. The second-order valence-corrected chi connectivity index (χ2v) is 5.29. The third kappa shape index (κ3) is 2.88. The number of allylic oxidation sites excluding steroid dienone is 1. The van der Waals surface area contributed by atoms with Gasteiger partial charge in [-0.15, -0.1) is 6.58 Å². The summed E-state index contributed by atoms with van der Waals surface area (Å²) in [5, 5.41) is 10.1. The van der Waals surface area contributed by atoms with Gasteiger partial charge >= 0.3 is 6.03 Å². The summed E-state index contributed by atoms with van der Waals surface area (Å²) in [6.07, 6.45) is 3.38. The average molecular weight is 330 g/mol. The number of phenols is 1. The molecule has 1 aromatic rings. The molecule has 1 aliphatic rings. The molecule has 0 unspecified atom stereocenters. The molecule has 4 amide bonds. The fourth-order valence-corrected chi connectivity index (χ4v) is 2.38. The van der Waals surface area contributed by atoms with Crippen molar-refractivity contribution in [2.45, 2.75) is 6.42 Å². The summed E-state index contributed by atoms with van der Waals surface area (Å²) in [5.41, 5.74) is 0.899. The number of aromatic hydroxyl groups is 1. The van der Waals surface area contributed by atoms with Crippen LogP contribution in [-0.2, 0) is 16.0 Å². The van der Waals surface area contributed by atoms with Crippen molar-refractivity contribution in [2.24, 2.45) is 0 Å². The Morgan fingerprint density at radius 1 is 1.17 bits per heavy atom. The minimum atomic E-state index is -0.683. The fourth-order valence-electron chi connectivity index (χ4n) is 2.38. The molecule has 0 atom stereocenters. The van der Waals surface area contributed by atoms with Crippen LogP contribution in [-0.4, -0.2) is 54.0 Å². The molecule has 0 bridgehead atoms. The van der Waals surface area contributed by atoms with E-state index in [1.165, 1.54) is 33.3 Å². The van der Waals surface area contributed by atoms with Gasteiger partial charge in [-0.25, -0.2) is 4.79 Å². The third-order valence-corrected chi connectivity index (χ3v) is 3.72. The molecule has 24 heavy (non-hydrogen) atoms. The lowest BCUT2D eigenvalue weighted by Crippen LogP contribution is -2.52. The van der Waals surface area contributed by atoms with Crippen molar-refractivity contribution in [2.75, 3.05) is 21.2 Å². The minimum absolute atomic E-state index is 0.0229. The topological polar surface area (TPSA) is 87.2 Å². The number of urea groups is 1. The number of methoxy groups -OCH3 is 1. The summed E-state index contributed by atoms with van der Waals surface area (Å²) in [5.74, 6) is -1.17. The van der Waals surface area contributed by atoms with Gasteiger partial charge in [-0.2, -0.15) is 0 Å². The first kappa shape index (κ1) is 17.3. The summed E-state index contributed by atoms with van der Waals surface area (Å²) >= 11 is 0. The number of phenolic OH excluding ortho intramolecular Hbond substituents is 1. The second-order valence-electron chi connectivity index (χ2n) is 5.29. The van der Waals surface area contributed by atoms with Crippen molar-refractivity contribution >= 4 is 23.9 Å². The van der Waals surface area contributed by atoms with Crippen molar-refractivity contribution in [3.05, 3.63) is 41.5 Å². The number of hydrogen-bond acceptors (Lipinski definition) is 5. The van der Waals surface area contributed by atoms with E-state index in [0.29, 0.717) is 17.5 Å². The van der Waals surface area contributed by atoms with Crippen molar-refractivity contribution in [1.82, 2.24) is 9.80 Å². The zero-order chi connectivity index (χ0) is 18.0. The van der Waals surface area contributed by atoms with Crippen LogP contribution in [0.1, 0.15) is 11.1 Å². The quantitative estimate of drug-likeness (QED) is 0.514. The molecule has 1 N–H and O–H groups in total. The largest absolute Gasteiger partial charge is 0.504 e. The molecule has 1 heterocycles. The Kier molecular flexibility index (Phi) is 4.73. The highest BCUT2D eigenvalue weighted by Crippen LogP contribution is 2.33. The van der Waals surface area contributed by atoms with E-state index in [1.807, 2.05) is 0 Å². The van der Waals surface area contributed by atoms with Gasteiger partial charge in [0.25, 0.3) is 11.8 Å². The maximum absolute atomic E-state index is 12.2. The highest BCUT2D eigenvalue weighted by atomic mass is 16.5. The van der Waals surface area contributed by atoms with Gasteiger partial charge in [0.2, 0.25) is 0 Å². The van der Waals surface area contributed by atoms with Crippen LogP contribution in [0.2, 0.25) is 0 Å². The first-order valence-electron chi connectivity index (χ1n) is 7.14. The fraction of sp³-hybridized carbons (Fsp3) is 0.235. The molecule has 1 saturated heterocycles. The number of carbonyl (C=O) groups is 3. The lowest BCUT2D eigenvalue weighted by atomic mass is 10.0. The van der Waals surface area contributed by atoms with Gasteiger partial charge in [0.15, 0.2) is 11.5 Å². The summed E-state index contributed by atoms with van der Waals surface area (Å²) < 4.78 is 5.12. The number of rotatable bonds is 4. The minimum Gasteiger partial charge on any atom is -0.504 e. The lowest BCUT2D eigenvalue weighted by molar-refractivity contribution is -0.134. The molecule has 0 radical (unpaired) electrons. The van der Waals surface area contributed by atoms with Crippen LogP contribution in [0.25, 0.3) is 6.08 Å². The van der Waals surface area contributed by atoms with Gasteiger partial charge in [0.1, 0.15) is 5.57 Å². The molecule has 126 valence electrons. The van der Waals surface area contributed by atoms with Crippen LogP contribution in [0.3, 0.4) is 0 Å². The van der Waals surface area contributed by atoms with Gasteiger partial charge in [0.05, 0.1) is 7.11 Å². The first-order chi connectivity index (χ1) is 11.3. The summed E-state index contributed by atoms with van der Waals surface area (Å²) in [6, 6.07) is 2.45. The van der Waals surface area contributed by atoms with E-state index in [1.54, 1.807) is 12.1 Å². The molecule has 0 aromatic heterocycles. The number of benzene rings is 1. The monoisotopic (exact) mass is 330 g/mol. The molecule has 7 heteroatoms. The zero-order valence-corrected chi connectivity index (χ0v) is 13.7. The number of carbonyl (C=O) groups excluding carboxylic acids is 3. The number of likely N-dealkylation sites (N-methyl/N-ethyl adjacent to an activating group) is 2. The maximum atomic E-state index is 12.2. The number of imide groups is 2. The maximum Gasteiger partial charge on any atom is 0.333 e. The first-order valence-corrected chi connectivity index (χ1v) is 7.14. The molecule has 2 rings (SSSR count). The SMILES string of the molecule is C=CCc1cc(C=C2C(=O)N(C)C(=O)N(C)C2=O)cc(OC)c1O. The number of hydrogen-bond donors (Lipinski definition) is 1. The van der Waals surface area contributed by atoms with Crippen LogP contribution < -0.4 is 4.74 Å². The van der Waals surface area contributed by atoms with E-state index in [2.05, 4.69) is 6.58 Å². The summed E-state index contributed by atoms with van der Waals surface area (Å²) in [6.45, 7) is 3.62. The Labute approximate surface area is 139 Å². The van der Waals surface area contributed by atoms with Crippen LogP contribution >= 0.6 is 0 Å². The molecular formula is C17H18N2O5.